The van der Waals surface area contributed by atoms with Gasteiger partial charge in [-0.3, -0.25) is 73.8 Å². The van der Waals surface area contributed by atoms with Crippen LogP contribution in [-0.2, 0) is 49.0 Å². The molecule has 3 aliphatic heterocycles. The van der Waals surface area contributed by atoms with Gasteiger partial charge in [-0.25, -0.2) is 23.4 Å². The molecule has 0 saturated carbocycles. The van der Waals surface area contributed by atoms with Crippen LogP contribution in [0.4, 0.5) is 54.7 Å². The molecule has 776 valence electrons. The van der Waals surface area contributed by atoms with Gasteiger partial charge in [-0.05, 0) is 167 Å². The number of nitro groups is 4. The van der Waals surface area contributed by atoms with Crippen LogP contribution in [-0.4, -0.2) is 201 Å². The largest absolute Gasteiger partial charge is 1.00 e. The van der Waals surface area contributed by atoms with Crippen molar-refractivity contribution in [2.45, 2.75) is 162 Å². The summed E-state index contributed by atoms with van der Waals surface area (Å²) in [5, 5.41) is 98.3. The standard InChI is InChI=1S/C19H25N3O6S.C16H15N3OS.C12H13N3OS.C11H9NO5S.C11H9NO4S.C7H4ClNO3.C4H11N.C3H8O3.C3H6OS.CH3F.CH2O3.5CH4.2K.H/c1-6-27-17(23)16-15(13-9-12(22(25)26)7-8-14(13)29-16)20-10-11(2)21-18(24)28-19(3,4)5;1-8-3-4-10-11(18-8)5-6-12-13(10)14-15(21-12)16(20)19-9(2)7-17-14;1-6-5-14-10-8-4-7(13)2-3-9(8)17-11(10)12(16)15-6;1-2-17-11(13)10-6-7-5-8(12(14)15)3-4-9(7)18(10)16;1-2-16-11(13)10-6-7-5-8(12(14)15)3-4-9(7)17-10;8-7-2-1-6(9(11)12)3-5(7)4-10;1-4(2)3-5;4-1-3(6)2-5;1-3(4)2-5;1-2;2-1-4-3;;;;;;;;/h7-9,11,20H,6,10H2,1-5H3,(H,21,24);3-6,9,17H,7H2,1-2H3,(H,19,20);2-4,6,14H,5,13H2,1H3,(H,15,16);3-6H,2H2,1H3;3-6H,2H2,1H3;1-4H;4H,3,5H2,1-2H3;3-6H,1-2H2;5H,2H2,1H3;1H3;1,3H;5*1H4;;;/q;;;;;;;;;;;;;;;;2*+1;-1/p-1/t11-;9-;6-;;;;;;;;;;;;;;;;/m000................/s1/i;;;;;;;;;1D;;;;;;;;;. The fourth-order valence-electron chi connectivity index (χ4n) is 11.2. The Bertz CT molecular complexity index is 6160. The van der Waals surface area contributed by atoms with Crippen LogP contribution in [0.5, 0.6) is 0 Å². The Hall–Kier alpha value is -9.67. The topological polar surface area (TPSA) is 610 Å². The summed E-state index contributed by atoms with van der Waals surface area (Å²) >= 11 is 14.7. The van der Waals surface area contributed by atoms with Gasteiger partial charge in [0.05, 0.1) is 105 Å². The molecule has 0 spiro atoms. The molecule has 3 aliphatic rings. The van der Waals surface area contributed by atoms with E-state index < -0.39 is 73.4 Å². The molecule has 3 amide bonds. The molecule has 14 rings (SSSR count). The first-order valence-corrected chi connectivity index (χ1v) is 46.2. The summed E-state index contributed by atoms with van der Waals surface area (Å²) in [4.78, 5) is 151. The number of thiophene rings is 4. The van der Waals surface area contributed by atoms with Crippen molar-refractivity contribution < 1.29 is 221 Å². The number of nitrogens with two attached hydrogens (primary N) is 2. The predicted molar refractivity (Wildman–Crippen MR) is 560 cm³/mol. The number of pyridine rings is 1. The van der Waals surface area contributed by atoms with E-state index in [2.05, 4.69) is 80.4 Å². The van der Waals surface area contributed by atoms with E-state index in [0.29, 0.717) is 65.9 Å². The van der Waals surface area contributed by atoms with Crippen LogP contribution in [0.2, 0.25) is 5.02 Å². The Morgan fingerprint density at radius 3 is 1.66 bits per heavy atom. The molecule has 50 heteroatoms. The molecular formula is C93H125ClFK2N13O27S6. The van der Waals surface area contributed by atoms with Crippen molar-refractivity contribution in [1.29, 1.82) is 0 Å². The van der Waals surface area contributed by atoms with Crippen LogP contribution in [0, 0.1) is 53.3 Å². The summed E-state index contributed by atoms with van der Waals surface area (Å²) in [5.74, 6) is -0.407. The molecule has 4 atom stereocenters. The number of aldehydes is 1. The van der Waals surface area contributed by atoms with Crippen molar-refractivity contribution in [2.75, 3.05) is 93.8 Å². The number of hydrogen-bond acceptors (Lipinski definition) is 38. The van der Waals surface area contributed by atoms with Gasteiger partial charge in [0, 0.05) is 155 Å². The maximum atomic E-state index is 12.4. The average molecular weight is 2180 g/mol. The van der Waals surface area contributed by atoms with Crippen molar-refractivity contribution in [3.63, 3.8) is 0 Å². The summed E-state index contributed by atoms with van der Waals surface area (Å²) in [6.45, 7) is 26.2. The number of ether oxygens (including phenoxy) is 4. The van der Waals surface area contributed by atoms with E-state index >= 15 is 0 Å². The van der Waals surface area contributed by atoms with Crippen molar-refractivity contribution >= 4 is 238 Å². The maximum Gasteiger partial charge on any atom is 1.00 e. The molecule has 8 heterocycles. The number of aliphatic hydroxyl groups is 3. The number of ketones is 1. The number of alkyl halides is 1. The third kappa shape index (κ3) is 44.3. The number of anilines is 4. The molecule has 0 bridgehead atoms. The normalized spacial score (nSPS) is 12.9. The van der Waals surface area contributed by atoms with Gasteiger partial charge >= 0.3 is 127 Å². The van der Waals surface area contributed by atoms with E-state index in [1.165, 1.54) is 113 Å². The first-order valence-electron chi connectivity index (χ1n) is 41.5. The predicted octanol–water partition coefficient (Wildman–Crippen LogP) is 12.1. The minimum Gasteiger partial charge on any atom is -1.00 e. The number of non-ortho nitro benzene ring substituents is 4. The summed E-state index contributed by atoms with van der Waals surface area (Å²) in [5.41, 5.74) is 15.6. The van der Waals surface area contributed by atoms with Crippen LogP contribution in [0.15, 0.2) is 131 Å². The molecule has 0 aliphatic carbocycles. The van der Waals surface area contributed by atoms with Gasteiger partial charge in [0.15, 0.2) is 6.29 Å². The summed E-state index contributed by atoms with van der Waals surface area (Å²) in [6, 6.07) is 32.1. The minimum atomic E-state index is -1.62. The number of halogens is 2. The van der Waals surface area contributed by atoms with E-state index in [-0.39, 0.29) is 255 Å². The molecule has 0 fully saturated rings. The van der Waals surface area contributed by atoms with Gasteiger partial charge in [-0.2, -0.15) is 12.6 Å². The molecule has 11 aromatic rings. The van der Waals surface area contributed by atoms with Gasteiger partial charge in [0.1, 0.15) is 41.9 Å². The number of esters is 3. The quantitative estimate of drug-likeness (QED) is 0.00388. The number of carbonyl (C=O) groups excluding carboxylic acids is 9. The number of thiol groups is 1. The second-order valence-corrected chi connectivity index (χ2v) is 36.2. The summed E-state index contributed by atoms with van der Waals surface area (Å²) in [6.07, 6.45) is 0.347. The summed E-state index contributed by atoms with van der Waals surface area (Å²) in [7, 11) is -2.62. The van der Waals surface area contributed by atoms with Crippen molar-refractivity contribution in [2.24, 2.45) is 11.7 Å². The van der Waals surface area contributed by atoms with E-state index in [1.54, 1.807) is 66.7 Å². The average Bonchev–Trinajstić information content (AvgIpc) is 1.60. The van der Waals surface area contributed by atoms with Gasteiger partial charge in [0.2, 0.25) is 0 Å². The Labute approximate surface area is 945 Å². The summed E-state index contributed by atoms with van der Waals surface area (Å²) < 4.78 is 51.2. The molecule has 5 aromatic heterocycles. The molecule has 0 saturated heterocycles. The molecule has 40 nitrogen and oxygen atoms in total. The van der Waals surface area contributed by atoms with Crippen LogP contribution in [0.1, 0.15) is 183 Å². The Morgan fingerprint density at radius 2 is 1.16 bits per heavy atom. The molecular weight excluding hydrogens is 2060 g/mol. The van der Waals surface area contributed by atoms with Crippen LogP contribution < -0.4 is 151 Å². The molecule has 143 heavy (non-hydrogen) atoms. The third-order valence-corrected chi connectivity index (χ3v) is 24.2. The molecule has 1 unspecified atom stereocenters. The zero-order valence-corrected chi connectivity index (χ0v) is 89.7. The first-order chi connectivity index (χ1) is 64.8. The number of nitrogens with one attached hydrogen (secondary N) is 6. The zero-order chi connectivity index (χ0) is 103. The Balaban J connectivity index is -0.000000518. The zero-order valence-electron chi connectivity index (χ0n) is 79.7. The SMILES string of the molecule is C.C.C.C.C.CC(=O)CS.CC(C)CN.CCOC(=O)C1=Cc2cc([N+](=O)[O-])ccc2S1=O.CCOC(=O)c1cc2cc([N+](=O)[O-])ccc2s1.CCOC(=O)c1sc2ccc([N+](=O)[O-])cc2c1NC[C@H](C)NC(=O)OC(C)(C)C.C[C@H]1CNc2c(sc3ccc(N)cc23)C(=O)N1.Cc1ccc2c(ccc3sc4c(c32)NC[C@H](C)NC4=O)n1.O=CO[O-].O=Cc1cc([N+](=O)[O-])ccc1Cl.OCC(O)CO.[2H]CF.[H-].[K+].[K+]. The van der Waals surface area contributed by atoms with Gasteiger partial charge in [0.25, 0.3) is 41.0 Å². The van der Waals surface area contributed by atoms with Crippen molar-refractivity contribution in [1.82, 2.24) is 20.9 Å². The Kier molecular flexibility index (Phi) is 67.5. The first kappa shape index (κ1) is 137. The molecule has 0 radical (unpaired) electrons. The van der Waals surface area contributed by atoms with Crippen LogP contribution in [0.3, 0.4) is 0 Å². The number of aryl methyl sites for hydroxylation is 1. The number of fused-ring (bicyclic) bond motifs is 11. The van der Waals surface area contributed by atoms with Gasteiger partial charge < -0.3 is 89.2 Å². The van der Waals surface area contributed by atoms with Gasteiger partial charge in [-0.15, -0.1) is 45.3 Å². The van der Waals surface area contributed by atoms with E-state index in [1.807, 2.05) is 51.1 Å². The second-order valence-electron chi connectivity index (χ2n) is 29.8. The number of nitrogen functional groups attached to an aromatic ring is 1. The van der Waals surface area contributed by atoms with Crippen LogP contribution in [0.25, 0.3) is 57.3 Å². The fourth-order valence-corrected chi connectivity index (χ4v) is 16.7. The minimum absolute atomic E-state index is 0. The monoisotopic (exact) mass is 2180 g/mol. The van der Waals surface area contributed by atoms with Crippen molar-refractivity contribution in [3.05, 3.63) is 208 Å². The number of benzene rings is 6. The van der Waals surface area contributed by atoms with Gasteiger partial charge in [-0.1, -0.05) is 68.6 Å². The van der Waals surface area contributed by atoms with Crippen LogP contribution >= 0.6 is 69.6 Å². The molecule has 13 N–H and O–H groups in total. The number of carbonyl (C=O) groups is 9. The number of rotatable bonds is 20. The van der Waals surface area contributed by atoms with E-state index in [9.17, 15) is 87.4 Å². The number of aromatic nitrogens is 1. The molecule has 6 aromatic carbocycles. The number of alkyl carbamates (subject to hydrolysis) is 1. The number of amides is 3. The third-order valence-electron chi connectivity index (χ3n) is 17.4. The van der Waals surface area contributed by atoms with E-state index in [0.717, 1.165) is 94.0 Å². The van der Waals surface area contributed by atoms with E-state index in [4.69, 9.17) is 68.8 Å². The number of nitro benzene ring substituents is 4. The number of Topliss-reactive ketones (excluding diaryl/α,β-unsaturated/α-hetero) is 1. The number of nitrogens with zero attached hydrogens (tertiary/aromatic N) is 5. The number of aliphatic hydroxyl groups excluding tert-OH is 3. The smallest absolute Gasteiger partial charge is 1.00 e. The maximum absolute atomic E-state index is 12.4. The number of hydrogen-bond donors (Lipinski definition) is 12. The Morgan fingerprint density at radius 1 is 0.692 bits per heavy atom. The second kappa shape index (κ2) is 70.2. The van der Waals surface area contributed by atoms with Crippen molar-refractivity contribution in [3.8, 4) is 0 Å². The fraction of sp³-hybridized carbons (Fsp3) is 0.376.